The lowest BCUT2D eigenvalue weighted by Gasteiger charge is -2.37. The van der Waals surface area contributed by atoms with Crippen molar-refractivity contribution in [1.82, 2.24) is 0 Å². The fraction of sp³-hybridized carbons (Fsp3) is 0.200. The van der Waals surface area contributed by atoms with Crippen molar-refractivity contribution >= 4 is 34.6 Å². The van der Waals surface area contributed by atoms with Crippen LogP contribution in [-0.2, 0) is 4.74 Å². The van der Waals surface area contributed by atoms with Gasteiger partial charge < -0.3 is 10.5 Å². The van der Waals surface area contributed by atoms with E-state index in [1.54, 1.807) is 17.1 Å². The predicted molar refractivity (Wildman–Crippen MR) is 106 cm³/mol. The molecule has 2 aliphatic rings. The minimum Gasteiger partial charge on any atom is -0.452 e. The highest BCUT2D eigenvalue weighted by Gasteiger charge is 2.49. The van der Waals surface area contributed by atoms with Crippen molar-refractivity contribution in [2.24, 2.45) is 16.8 Å². The van der Waals surface area contributed by atoms with Crippen LogP contribution in [0.5, 0.6) is 0 Å². The molecule has 3 atom stereocenters. The second-order valence-corrected chi connectivity index (χ2v) is 7.33. The molecule has 27 heavy (non-hydrogen) atoms. The molecule has 2 N–H and O–H groups in total. The molecule has 136 valence electrons. The molecule has 3 unspecified atom stereocenters. The number of anilines is 1. The summed E-state index contributed by atoms with van der Waals surface area (Å²) in [5, 5.41) is 17.3. The van der Waals surface area contributed by atoms with Crippen molar-refractivity contribution in [3.05, 3.63) is 75.6 Å². The van der Waals surface area contributed by atoms with E-state index in [-0.39, 0.29) is 17.7 Å². The molecule has 0 aliphatic carbocycles. The van der Waals surface area contributed by atoms with Crippen LogP contribution in [0.2, 0.25) is 10.0 Å². The van der Waals surface area contributed by atoms with Gasteiger partial charge in [0.15, 0.2) is 0 Å². The summed E-state index contributed by atoms with van der Waals surface area (Å²) in [5.41, 5.74) is 8.99. The molecule has 0 fully saturated rings. The summed E-state index contributed by atoms with van der Waals surface area (Å²) in [6, 6.07) is 17.2. The normalized spacial score (nSPS) is 24.1. The van der Waals surface area contributed by atoms with Crippen molar-refractivity contribution in [3.63, 3.8) is 0 Å². The van der Waals surface area contributed by atoms with Gasteiger partial charge >= 0.3 is 0 Å². The molecule has 0 bridgehead atoms. The Bertz CT molecular complexity index is 997. The van der Waals surface area contributed by atoms with E-state index in [4.69, 9.17) is 38.8 Å². The molecule has 0 saturated carbocycles. The van der Waals surface area contributed by atoms with E-state index in [1.165, 1.54) is 0 Å². The zero-order valence-electron chi connectivity index (χ0n) is 14.4. The first-order valence-electron chi connectivity index (χ1n) is 8.42. The highest BCUT2D eigenvalue weighted by molar-refractivity contribution is 6.35. The van der Waals surface area contributed by atoms with Gasteiger partial charge in [-0.05, 0) is 36.8 Å². The molecular formula is C20H16Cl2N4O. The molecule has 2 aromatic rings. The van der Waals surface area contributed by atoms with E-state index in [1.807, 2.05) is 43.3 Å². The fourth-order valence-electron chi connectivity index (χ4n) is 3.72. The lowest BCUT2D eigenvalue weighted by molar-refractivity contribution is 0.0662. The quantitative estimate of drug-likeness (QED) is 0.799. The number of fused-ring (bicyclic) bond motifs is 1. The van der Waals surface area contributed by atoms with Gasteiger partial charge in [0, 0.05) is 21.7 Å². The highest BCUT2D eigenvalue weighted by atomic mass is 35.5. The minimum absolute atomic E-state index is 0.0978. The van der Waals surface area contributed by atoms with E-state index >= 15 is 0 Å². The van der Waals surface area contributed by atoms with Crippen molar-refractivity contribution in [2.45, 2.75) is 19.1 Å². The Hall–Kier alpha value is -2.68. The zero-order valence-corrected chi connectivity index (χ0v) is 15.9. The summed E-state index contributed by atoms with van der Waals surface area (Å²) >= 11 is 12.5. The Labute approximate surface area is 167 Å². The van der Waals surface area contributed by atoms with Crippen LogP contribution in [0.3, 0.4) is 0 Å². The molecule has 4 rings (SSSR count). The molecule has 5 nitrogen and oxygen atoms in total. The third-order valence-electron chi connectivity index (χ3n) is 4.92. The van der Waals surface area contributed by atoms with Gasteiger partial charge in [-0.3, -0.25) is 0 Å². The third kappa shape index (κ3) is 2.91. The summed E-state index contributed by atoms with van der Waals surface area (Å²) in [6.45, 7) is 1.93. The number of nitrogens with zero attached hydrogens (tertiary/aromatic N) is 3. The molecule has 2 aromatic carbocycles. The molecule has 7 heteroatoms. The second-order valence-electron chi connectivity index (χ2n) is 6.49. The summed E-state index contributed by atoms with van der Waals surface area (Å²) in [4.78, 5) is 0. The molecular weight excluding hydrogens is 383 g/mol. The topological polar surface area (TPSA) is 74.6 Å². The number of nitriles is 1. The average Bonchev–Trinajstić information content (AvgIpc) is 2.98. The van der Waals surface area contributed by atoms with Crippen LogP contribution < -0.4 is 10.7 Å². The van der Waals surface area contributed by atoms with Gasteiger partial charge in [0.2, 0.25) is 12.1 Å². The van der Waals surface area contributed by atoms with E-state index in [2.05, 4.69) is 6.07 Å². The molecule has 0 aromatic heterocycles. The smallest absolute Gasteiger partial charge is 0.202 e. The maximum Gasteiger partial charge on any atom is 0.202 e. The van der Waals surface area contributed by atoms with Gasteiger partial charge in [-0.25, -0.2) is 5.01 Å². The monoisotopic (exact) mass is 398 g/mol. The largest absolute Gasteiger partial charge is 0.452 e. The molecule has 0 saturated heterocycles. The van der Waals surface area contributed by atoms with Gasteiger partial charge in [0.05, 0.1) is 17.2 Å². The number of para-hydroxylation sites is 1. The molecule has 2 aliphatic heterocycles. The molecule has 0 radical (unpaired) electrons. The number of nitrogens with two attached hydrogens (primary N) is 1. The van der Waals surface area contributed by atoms with Gasteiger partial charge in [0.25, 0.3) is 0 Å². The van der Waals surface area contributed by atoms with Crippen LogP contribution in [0.1, 0.15) is 18.4 Å². The summed E-state index contributed by atoms with van der Waals surface area (Å²) in [7, 11) is 0. The Balaban J connectivity index is 1.85. The Morgan fingerprint density at radius 3 is 2.59 bits per heavy atom. The number of rotatable bonds is 2. The minimum atomic E-state index is -0.457. The van der Waals surface area contributed by atoms with Gasteiger partial charge in [-0.15, -0.1) is 0 Å². The van der Waals surface area contributed by atoms with Gasteiger partial charge in [-0.1, -0.05) is 47.5 Å². The first kappa shape index (κ1) is 17.7. The van der Waals surface area contributed by atoms with E-state index < -0.39 is 6.23 Å². The second kappa shape index (κ2) is 6.80. The fourth-order valence-corrected chi connectivity index (χ4v) is 4.25. The number of halogens is 2. The van der Waals surface area contributed by atoms with Gasteiger partial charge in [-0.2, -0.15) is 10.4 Å². The first-order chi connectivity index (χ1) is 13.0. The Morgan fingerprint density at radius 1 is 1.19 bits per heavy atom. The number of hydrogen-bond acceptors (Lipinski definition) is 5. The summed E-state index contributed by atoms with van der Waals surface area (Å²) in [6.07, 6.45) is -0.457. The summed E-state index contributed by atoms with van der Waals surface area (Å²) in [5.74, 6) is -0.470. The SMILES string of the molecule is CC1=NN(c2ccccc2)C2OC(N)=C(C#N)C(c3ccc(Cl)cc3Cl)C12. The third-order valence-corrected chi connectivity index (χ3v) is 5.48. The number of benzene rings is 2. The Morgan fingerprint density at radius 2 is 1.93 bits per heavy atom. The molecule has 0 amide bonds. The standard InChI is InChI=1S/C20H16Cl2N4O/c1-11-17-18(14-8-7-12(21)9-16(14)22)15(10-23)19(24)27-20(17)26(25-11)13-5-3-2-4-6-13/h2-9,17-18,20H,24H2,1H3. The lowest BCUT2D eigenvalue weighted by atomic mass is 9.76. The van der Waals surface area contributed by atoms with Crippen molar-refractivity contribution in [3.8, 4) is 6.07 Å². The van der Waals surface area contributed by atoms with Crippen LogP contribution in [-0.4, -0.2) is 11.9 Å². The average molecular weight is 399 g/mol. The van der Waals surface area contributed by atoms with Crippen molar-refractivity contribution in [1.29, 1.82) is 5.26 Å². The van der Waals surface area contributed by atoms with E-state index in [0.717, 1.165) is 17.0 Å². The zero-order chi connectivity index (χ0) is 19.1. The lowest BCUT2D eigenvalue weighted by Crippen LogP contribution is -2.44. The highest BCUT2D eigenvalue weighted by Crippen LogP contribution is 2.47. The van der Waals surface area contributed by atoms with Crippen LogP contribution in [0.15, 0.2) is 65.1 Å². The van der Waals surface area contributed by atoms with Crippen molar-refractivity contribution < 1.29 is 4.74 Å². The van der Waals surface area contributed by atoms with Crippen molar-refractivity contribution in [2.75, 3.05) is 5.01 Å². The number of hydrazone groups is 1. The van der Waals surface area contributed by atoms with Crippen LogP contribution >= 0.6 is 23.2 Å². The first-order valence-corrected chi connectivity index (χ1v) is 9.17. The van der Waals surface area contributed by atoms with E-state index in [9.17, 15) is 5.26 Å². The maximum atomic E-state index is 9.74. The van der Waals surface area contributed by atoms with E-state index in [0.29, 0.717) is 15.6 Å². The molecule has 2 heterocycles. The number of hydrogen-bond donors (Lipinski definition) is 1. The maximum absolute atomic E-state index is 9.74. The van der Waals surface area contributed by atoms with Crippen LogP contribution in [0.25, 0.3) is 0 Å². The number of ether oxygens (including phenoxy) is 1. The molecule has 0 spiro atoms. The van der Waals surface area contributed by atoms with Crippen LogP contribution in [0.4, 0.5) is 5.69 Å². The predicted octanol–water partition coefficient (Wildman–Crippen LogP) is 4.64. The Kier molecular flexibility index (Phi) is 4.47. The van der Waals surface area contributed by atoms with Crippen LogP contribution in [0, 0.1) is 17.2 Å². The van der Waals surface area contributed by atoms with Gasteiger partial charge in [0.1, 0.15) is 6.07 Å². The number of allylic oxidation sites excluding steroid dienone is 1. The summed E-state index contributed by atoms with van der Waals surface area (Å²) < 4.78 is 5.94.